The van der Waals surface area contributed by atoms with Crippen LogP contribution in [0.4, 0.5) is 5.69 Å². The molecule has 1 heterocycles. The number of nitro groups is 1. The van der Waals surface area contributed by atoms with Crippen molar-refractivity contribution in [2.45, 2.75) is 19.3 Å². The summed E-state index contributed by atoms with van der Waals surface area (Å²) in [7, 11) is 0. The molecule has 0 saturated heterocycles. The van der Waals surface area contributed by atoms with E-state index in [2.05, 4.69) is 4.98 Å². The molecule has 0 bridgehead atoms. The Kier molecular flexibility index (Phi) is 5.80. The van der Waals surface area contributed by atoms with Gasteiger partial charge in [-0.15, -0.1) is 0 Å². The van der Waals surface area contributed by atoms with Gasteiger partial charge in [-0.25, -0.2) is 4.98 Å². The average molecular weight is 390 g/mol. The first-order chi connectivity index (χ1) is 13.0. The Morgan fingerprint density at radius 3 is 2.81 bits per heavy atom. The maximum absolute atomic E-state index is 12.5. The predicted molar refractivity (Wildman–Crippen MR) is 99.8 cm³/mol. The molecule has 0 aliphatic heterocycles. The fraction of sp³-hybridized carbons (Fsp3) is 0.222. The van der Waals surface area contributed by atoms with Crippen LogP contribution in [0.15, 0.2) is 53.6 Å². The summed E-state index contributed by atoms with van der Waals surface area (Å²) in [5.74, 6) is 0. The molecule has 3 rings (SSSR count). The number of aromatic nitrogens is 2. The van der Waals surface area contributed by atoms with Crippen molar-refractivity contribution in [1.82, 2.24) is 9.55 Å². The van der Waals surface area contributed by atoms with E-state index in [4.69, 9.17) is 16.3 Å². The van der Waals surface area contributed by atoms with E-state index < -0.39 is 16.6 Å². The van der Waals surface area contributed by atoms with Gasteiger partial charge in [0.2, 0.25) is 0 Å². The molecular formula is C18H16ClN3O5. The monoisotopic (exact) mass is 389 g/mol. The van der Waals surface area contributed by atoms with Crippen LogP contribution in [0.25, 0.3) is 10.9 Å². The van der Waals surface area contributed by atoms with E-state index in [1.807, 2.05) is 18.2 Å². The quantitative estimate of drug-likeness (QED) is 0.491. The van der Waals surface area contributed by atoms with Gasteiger partial charge in [0, 0.05) is 17.2 Å². The largest absolute Gasteiger partial charge is 0.389 e. The average Bonchev–Trinajstić information content (AvgIpc) is 2.65. The van der Waals surface area contributed by atoms with Gasteiger partial charge < -0.3 is 9.84 Å². The van der Waals surface area contributed by atoms with Gasteiger partial charge in [-0.3, -0.25) is 19.5 Å². The molecule has 0 saturated carbocycles. The lowest BCUT2D eigenvalue weighted by Gasteiger charge is -2.13. The number of ether oxygens (including phenoxy) is 1. The van der Waals surface area contributed by atoms with E-state index >= 15 is 0 Å². The van der Waals surface area contributed by atoms with Crippen LogP contribution in [0.2, 0.25) is 5.02 Å². The maximum atomic E-state index is 12.5. The van der Waals surface area contributed by atoms with Crippen LogP contribution in [0.5, 0.6) is 0 Å². The van der Waals surface area contributed by atoms with Gasteiger partial charge in [0.1, 0.15) is 0 Å². The number of halogens is 1. The molecule has 0 aliphatic rings. The van der Waals surface area contributed by atoms with E-state index in [1.165, 1.54) is 29.1 Å². The molecule has 0 amide bonds. The standard InChI is InChI=1S/C18H16ClN3O5/c19-16-4-2-1-3-12(16)9-27-10-14(23)8-21-11-20-17-6-5-13(22(25)26)7-15(17)18(21)24/h1-7,11,14,23H,8-10H2. The zero-order chi connectivity index (χ0) is 19.4. The second-order valence-corrected chi connectivity index (χ2v) is 6.33. The molecule has 1 aromatic heterocycles. The first-order valence-corrected chi connectivity index (χ1v) is 8.46. The number of hydrogen-bond donors (Lipinski definition) is 1. The number of nitrogens with zero attached hydrogens (tertiary/aromatic N) is 3. The number of benzene rings is 2. The van der Waals surface area contributed by atoms with Crippen molar-refractivity contribution in [2.24, 2.45) is 0 Å². The summed E-state index contributed by atoms with van der Waals surface area (Å²) >= 11 is 6.04. The van der Waals surface area contributed by atoms with Gasteiger partial charge in [0.15, 0.2) is 0 Å². The highest BCUT2D eigenvalue weighted by Crippen LogP contribution is 2.17. The Morgan fingerprint density at radius 1 is 1.30 bits per heavy atom. The molecule has 0 fully saturated rings. The molecule has 0 aliphatic carbocycles. The summed E-state index contributed by atoms with van der Waals surface area (Å²) in [6.07, 6.45) is 0.344. The summed E-state index contributed by atoms with van der Waals surface area (Å²) in [5.41, 5.74) is 0.492. The number of aliphatic hydroxyl groups is 1. The third-order valence-corrected chi connectivity index (χ3v) is 4.32. The zero-order valence-electron chi connectivity index (χ0n) is 14.1. The van der Waals surface area contributed by atoms with Crippen LogP contribution < -0.4 is 5.56 Å². The van der Waals surface area contributed by atoms with E-state index in [1.54, 1.807) is 6.07 Å². The smallest absolute Gasteiger partial charge is 0.270 e. The second-order valence-electron chi connectivity index (χ2n) is 5.92. The summed E-state index contributed by atoms with van der Waals surface area (Å²) in [6.45, 7) is 0.172. The van der Waals surface area contributed by atoms with Gasteiger partial charge in [-0.1, -0.05) is 29.8 Å². The highest BCUT2D eigenvalue weighted by atomic mass is 35.5. The lowest BCUT2D eigenvalue weighted by Crippen LogP contribution is -2.29. The maximum Gasteiger partial charge on any atom is 0.270 e. The second kappa shape index (κ2) is 8.26. The van der Waals surface area contributed by atoms with Crippen LogP contribution in [-0.4, -0.2) is 32.3 Å². The molecule has 140 valence electrons. The van der Waals surface area contributed by atoms with Crippen molar-refractivity contribution in [3.8, 4) is 0 Å². The van der Waals surface area contributed by atoms with Crippen LogP contribution in [0, 0.1) is 10.1 Å². The van der Waals surface area contributed by atoms with E-state index in [-0.39, 0.29) is 30.8 Å². The fourth-order valence-corrected chi connectivity index (χ4v) is 2.78. The van der Waals surface area contributed by atoms with Crippen LogP contribution in [0.3, 0.4) is 0 Å². The van der Waals surface area contributed by atoms with Gasteiger partial charge in [0.25, 0.3) is 11.2 Å². The van der Waals surface area contributed by atoms with E-state index in [0.29, 0.717) is 10.5 Å². The summed E-state index contributed by atoms with van der Waals surface area (Å²) in [4.78, 5) is 26.9. The lowest BCUT2D eigenvalue weighted by atomic mass is 10.2. The molecule has 8 nitrogen and oxygen atoms in total. The zero-order valence-corrected chi connectivity index (χ0v) is 14.9. The Hall–Kier alpha value is -2.81. The van der Waals surface area contributed by atoms with E-state index in [9.17, 15) is 20.0 Å². The lowest BCUT2D eigenvalue weighted by molar-refractivity contribution is -0.384. The summed E-state index contributed by atoms with van der Waals surface area (Å²) < 4.78 is 6.66. The van der Waals surface area contributed by atoms with Gasteiger partial charge in [-0.2, -0.15) is 0 Å². The Bertz CT molecular complexity index is 1040. The fourth-order valence-electron chi connectivity index (χ4n) is 2.59. The highest BCUT2D eigenvalue weighted by Gasteiger charge is 2.13. The summed E-state index contributed by atoms with van der Waals surface area (Å²) in [6, 6.07) is 11.1. The molecule has 1 unspecified atom stereocenters. The van der Waals surface area contributed by atoms with Crippen molar-refractivity contribution in [3.05, 3.63) is 79.8 Å². The number of aliphatic hydroxyl groups excluding tert-OH is 1. The first kappa shape index (κ1) is 19.0. The minimum absolute atomic E-state index is 0.00929. The molecule has 27 heavy (non-hydrogen) atoms. The SMILES string of the molecule is O=c1c2cc([N+](=O)[O-])ccc2ncn1CC(O)COCc1ccccc1Cl. The number of rotatable bonds is 7. The van der Waals surface area contributed by atoms with Crippen LogP contribution >= 0.6 is 11.6 Å². The minimum Gasteiger partial charge on any atom is -0.389 e. The third kappa shape index (κ3) is 4.48. The topological polar surface area (TPSA) is 107 Å². The van der Waals surface area contributed by atoms with Crippen LogP contribution in [-0.2, 0) is 17.9 Å². The number of fused-ring (bicyclic) bond motifs is 1. The van der Waals surface area contributed by atoms with Gasteiger partial charge >= 0.3 is 0 Å². The molecule has 3 aromatic rings. The van der Waals surface area contributed by atoms with Crippen molar-refractivity contribution in [1.29, 1.82) is 0 Å². The Morgan fingerprint density at radius 2 is 2.07 bits per heavy atom. The molecule has 0 radical (unpaired) electrons. The van der Waals surface area contributed by atoms with Gasteiger partial charge in [-0.05, 0) is 17.7 Å². The molecular weight excluding hydrogens is 374 g/mol. The minimum atomic E-state index is -0.955. The van der Waals surface area contributed by atoms with Crippen molar-refractivity contribution in [3.63, 3.8) is 0 Å². The highest BCUT2D eigenvalue weighted by molar-refractivity contribution is 6.31. The molecule has 1 atom stereocenters. The molecule has 9 heteroatoms. The molecule has 0 spiro atoms. The molecule has 2 aromatic carbocycles. The number of nitro benzene ring substituents is 1. The Balaban J connectivity index is 1.68. The van der Waals surface area contributed by atoms with Crippen molar-refractivity contribution in [2.75, 3.05) is 6.61 Å². The predicted octanol–water partition coefficient (Wildman–Crippen LogP) is 2.54. The first-order valence-electron chi connectivity index (χ1n) is 8.08. The normalized spacial score (nSPS) is 12.2. The van der Waals surface area contributed by atoms with Gasteiger partial charge in [0.05, 0.1) is 48.0 Å². The number of hydrogen-bond acceptors (Lipinski definition) is 6. The molecule has 1 N–H and O–H groups in total. The third-order valence-electron chi connectivity index (χ3n) is 3.95. The van der Waals surface area contributed by atoms with Crippen molar-refractivity contribution >= 4 is 28.2 Å². The Labute approximate surface area is 158 Å². The van der Waals surface area contributed by atoms with Crippen molar-refractivity contribution < 1.29 is 14.8 Å². The van der Waals surface area contributed by atoms with Crippen LogP contribution in [0.1, 0.15) is 5.56 Å². The van der Waals surface area contributed by atoms with E-state index in [0.717, 1.165) is 5.56 Å². The number of non-ortho nitro benzene ring substituents is 1. The summed E-state index contributed by atoms with van der Waals surface area (Å²) in [5, 5.41) is 21.7.